The number of aryl methyl sites for hydroxylation is 1. The molecule has 0 unspecified atom stereocenters. The zero-order valence-electron chi connectivity index (χ0n) is 20.4. The number of rotatable bonds is 10. The van der Waals surface area contributed by atoms with E-state index < -0.39 is 28.5 Å². The smallest absolute Gasteiger partial charge is 0.264 e. The van der Waals surface area contributed by atoms with E-state index in [1.165, 1.54) is 26.4 Å². The molecular weight excluding hydrogens is 468 g/mol. The summed E-state index contributed by atoms with van der Waals surface area (Å²) >= 11 is 0. The van der Waals surface area contributed by atoms with Crippen LogP contribution >= 0.6 is 0 Å². The van der Waals surface area contributed by atoms with Crippen molar-refractivity contribution in [3.63, 3.8) is 0 Å². The molecule has 0 saturated heterocycles. The number of nitrogens with one attached hydrogen (secondary N) is 1. The van der Waals surface area contributed by atoms with Crippen molar-refractivity contribution in [1.29, 1.82) is 0 Å². The topological polar surface area (TPSA) is 94.2 Å². The number of methoxy groups -OCH3 is 3. The molecule has 0 aliphatic rings. The maximum Gasteiger partial charge on any atom is 0.264 e. The van der Waals surface area contributed by atoms with Crippen LogP contribution in [0.25, 0.3) is 0 Å². The third-order valence-electron chi connectivity index (χ3n) is 5.54. The fourth-order valence-electron chi connectivity index (χ4n) is 3.60. The van der Waals surface area contributed by atoms with Crippen molar-refractivity contribution >= 4 is 21.6 Å². The van der Waals surface area contributed by atoms with E-state index in [0.717, 1.165) is 15.4 Å². The number of anilines is 1. The highest BCUT2D eigenvalue weighted by Gasteiger charge is 2.29. The van der Waals surface area contributed by atoms with Crippen molar-refractivity contribution in [2.24, 2.45) is 0 Å². The van der Waals surface area contributed by atoms with Crippen LogP contribution in [0.2, 0.25) is 0 Å². The van der Waals surface area contributed by atoms with Gasteiger partial charge in [-0.1, -0.05) is 35.9 Å². The second-order valence-corrected chi connectivity index (χ2v) is 9.76. The molecule has 0 radical (unpaired) electrons. The monoisotopic (exact) mass is 498 g/mol. The predicted molar refractivity (Wildman–Crippen MR) is 135 cm³/mol. The predicted octanol–water partition coefficient (Wildman–Crippen LogP) is 4.09. The van der Waals surface area contributed by atoms with E-state index in [1.54, 1.807) is 62.6 Å². The molecular formula is C26H30N2O6S. The summed E-state index contributed by atoms with van der Waals surface area (Å²) in [7, 11) is 0.469. The third kappa shape index (κ3) is 5.86. The molecule has 3 aromatic carbocycles. The van der Waals surface area contributed by atoms with Gasteiger partial charge in [-0.15, -0.1) is 0 Å². The summed E-state index contributed by atoms with van der Waals surface area (Å²) in [4.78, 5) is 13.2. The summed E-state index contributed by atoms with van der Waals surface area (Å²) < 4.78 is 44.3. The molecule has 35 heavy (non-hydrogen) atoms. The van der Waals surface area contributed by atoms with E-state index in [-0.39, 0.29) is 10.6 Å². The van der Waals surface area contributed by atoms with Gasteiger partial charge in [0.15, 0.2) is 11.5 Å². The number of sulfonamides is 1. The molecule has 0 fully saturated rings. The van der Waals surface area contributed by atoms with Gasteiger partial charge in [-0.25, -0.2) is 8.42 Å². The van der Waals surface area contributed by atoms with Crippen LogP contribution in [0.5, 0.6) is 17.2 Å². The number of ether oxygens (including phenoxy) is 3. The molecule has 1 atom stereocenters. The molecule has 0 aromatic heterocycles. The minimum absolute atomic E-state index is 0.0785. The quantitative estimate of drug-likeness (QED) is 0.452. The second kappa shape index (κ2) is 11.1. The Morgan fingerprint density at radius 1 is 0.886 bits per heavy atom. The number of nitrogens with zero attached hydrogens (tertiary/aromatic N) is 1. The summed E-state index contributed by atoms with van der Waals surface area (Å²) in [6, 6.07) is 18.1. The molecule has 3 rings (SSSR count). The van der Waals surface area contributed by atoms with Crippen LogP contribution in [-0.4, -0.2) is 42.2 Å². The number of carbonyl (C=O) groups excluding carboxylic acids is 1. The van der Waals surface area contributed by atoms with E-state index in [0.29, 0.717) is 17.2 Å². The van der Waals surface area contributed by atoms with Crippen molar-refractivity contribution in [2.45, 2.75) is 24.8 Å². The average molecular weight is 499 g/mol. The van der Waals surface area contributed by atoms with Gasteiger partial charge >= 0.3 is 0 Å². The minimum atomic E-state index is -4.06. The first-order valence-electron chi connectivity index (χ1n) is 10.9. The normalized spacial score (nSPS) is 11.9. The van der Waals surface area contributed by atoms with Crippen LogP contribution in [0, 0.1) is 6.92 Å². The van der Waals surface area contributed by atoms with Crippen LogP contribution in [0.4, 0.5) is 5.69 Å². The van der Waals surface area contributed by atoms with Crippen LogP contribution in [0.15, 0.2) is 71.6 Å². The molecule has 0 aliphatic heterocycles. The number of para-hydroxylation sites is 2. The van der Waals surface area contributed by atoms with Crippen LogP contribution in [0.1, 0.15) is 24.1 Å². The van der Waals surface area contributed by atoms with Crippen molar-refractivity contribution < 1.29 is 27.4 Å². The van der Waals surface area contributed by atoms with E-state index in [4.69, 9.17) is 14.2 Å². The lowest BCUT2D eigenvalue weighted by molar-refractivity contribution is -0.120. The molecule has 0 aliphatic carbocycles. The molecule has 1 N–H and O–H groups in total. The Morgan fingerprint density at radius 2 is 1.51 bits per heavy atom. The second-order valence-electron chi connectivity index (χ2n) is 7.90. The lowest BCUT2D eigenvalue weighted by Gasteiger charge is -2.26. The lowest BCUT2D eigenvalue weighted by atomic mass is 10.1. The first-order valence-corrected chi connectivity index (χ1v) is 12.4. The van der Waals surface area contributed by atoms with E-state index in [2.05, 4.69) is 5.32 Å². The fourth-order valence-corrected chi connectivity index (χ4v) is 5.03. The van der Waals surface area contributed by atoms with E-state index in [9.17, 15) is 13.2 Å². The van der Waals surface area contributed by atoms with E-state index in [1.807, 2.05) is 13.0 Å². The minimum Gasteiger partial charge on any atom is -0.495 e. The standard InChI is InChI=1S/C26H30N2O6S/c1-18-10-13-21(14-11-18)35(30,31)28(22-8-6-7-9-23(22)32-3)17-26(29)27-19(2)20-12-15-24(33-4)25(16-20)34-5/h6-16,19H,17H2,1-5H3,(H,27,29)/t19-/m1/s1. The summed E-state index contributed by atoms with van der Waals surface area (Å²) in [6.07, 6.45) is 0. The number of amides is 1. The number of carbonyl (C=O) groups is 1. The van der Waals surface area contributed by atoms with Crippen LogP contribution < -0.4 is 23.8 Å². The maximum atomic E-state index is 13.6. The van der Waals surface area contributed by atoms with Gasteiger partial charge in [0.25, 0.3) is 10.0 Å². The van der Waals surface area contributed by atoms with Crippen molar-refractivity contribution in [1.82, 2.24) is 5.32 Å². The van der Waals surface area contributed by atoms with E-state index >= 15 is 0 Å². The highest BCUT2D eigenvalue weighted by molar-refractivity contribution is 7.92. The molecule has 3 aromatic rings. The Balaban J connectivity index is 1.92. The molecule has 1 amide bonds. The zero-order valence-corrected chi connectivity index (χ0v) is 21.3. The van der Waals surface area contributed by atoms with Gasteiger partial charge in [0.1, 0.15) is 12.3 Å². The van der Waals surface area contributed by atoms with Gasteiger partial charge in [-0.2, -0.15) is 0 Å². The SMILES string of the molecule is COc1ccc([C@@H](C)NC(=O)CN(c2ccccc2OC)S(=O)(=O)c2ccc(C)cc2)cc1OC. The summed E-state index contributed by atoms with van der Waals surface area (Å²) in [5, 5.41) is 2.87. The first kappa shape index (κ1) is 25.9. The summed E-state index contributed by atoms with van der Waals surface area (Å²) in [6.45, 7) is 3.24. The molecule has 9 heteroatoms. The number of hydrogen-bond acceptors (Lipinski definition) is 6. The Morgan fingerprint density at radius 3 is 2.14 bits per heavy atom. The van der Waals surface area contributed by atoms with Crippen molar-refractivity contribution in [2.75, 3.05) is 32.2 Å². The molecule has 0 heterocycles. The van der Waals surface area contributed by atoms with Crippen molar-refractivity contribution in [3.8, 4) is 17.2 Å². The van der Waals surface area contributed by atoms with Gasteiger partial charge in [0.2, 0.25) is 5.91 Å². The lowest BCUT2D eigenvalue weighted by Crippen LogP contribution is -2.41. The Hall–Kier alpha value is -3.72. The van der Waals surface area contributed by atoms with Crippen LogP contribution in [-0.2, 0) is 14.8 Å². The number of hydrogen-bond donors (Lipinski definition) is 1. The molecule has 0 spiro atoms. The number of benzene rings is 3. The van der Waals surface area contributed by atoms with Crippen molar-refractivity contribution in [3.05, 3.63) is 77.9 Å². The first-order chi connectivity index (χ1) is 16.7. The maximum absolute atomic E-state index is 13.6. The summed E-state index contributed by atoms with van der Waals surface area (Å²) in [5.74, 6) is 0.961. The van der Waals surface area contributed by atoms with Gasteiger partial charge in [0.05, 0.1) is 38.0 Å². The third-order valence-corrected chi connectivity index (χ3v) is 7.31. The highest BCUT2D eigenvalue weighted by Crippen LogP contribution is 2.33. The Labute approximate surface area is 206 Å². The molecule has 0 bridgehead atoms. The van der Waals surface area contributed by atoms with Gasteiger partial charge < -0.3 is 19.5 Å². The molecule has 8 nitrogen and oxygen atoms in total. The zero-order chi connectivity index (χ0) is 25.6. The highest BCUT2D eigenvalue weighted by atomic mass is 32.2. The Kier molecular flexibility index (Phi) is 8.24. The van der Waals surface area contributed by atoms with Crippen LogP contribution in [0.3, 0.4) is 0 Å². The largest absolute Gasteiger partial charge is 0.495 e. The Bertz CT molecular complexity index is 1280. The van der Waals surface area contributed by atoms with Gasteiger partial charge in [0, 0.05) is 0 Å². The molecule has 0 saturated carbocycles. The average Bonchev–Trinajstić information content (AvgIpc) is 2.86. The molecule has 186 valence electrons. The van der Waals surface area contributed by atoms with Gasteiger partial charge in [-0.3, -0.25) is 9.10 Å². The fraction of sp³-hybridized carbons (Fsp3) is 0.269. The summed E-state index contributed by atoms with van der Waals surface area (Å²) in [5.41, 5.74) is 1.97. The van der Waals surface area contributed by atoms with Gasteiger partial charge in [-0.05, 0) is 55.8 Å².